The van der Waals surface area contributed by atoms with E-state index < -0.39 is 5.92 Å². The first-order chi connectivity index (χ1) is 8.38. The molecule has 104 valence electrons. The lowest BCUT2D eigenvalue weighted by Crippen LogP contribution is -2.55. The Hall–Kier alpha value is -1.30. The molecule has 3 N–H and O–H groups in total. The van der Waals surface area contributed by atoms with Crippen LogP contribution in [0.3, 0.4) is 0 Å². The molecule has 0 bridgehead atoms. The molecule has 1 aliphatic rings. The molecule has 0 radical (unpaired) electrons. The SMILES string of the molecule is CC(C)C(C(=O)N1CCN(C)C(C)C1)C(N)=NO. The molecule has 1 amide bonds. The monoisotopic (exact) mass is 256 g/mol. The van der Waals surface area contributed by atoms with E-state index in [-0.39, 0.29) is 17.7 Å². The van der Waals surface area contributed by atoms with Gasteiger partial charge in [0.15, 0.2) is 5.84 Å². The summed E-state index contributed by atoms with van der Waals surface area (Å²) in [5, 5.41) is 11.8. The Balaban J connectivity index is 2.78. The molecule has 0 aliphatic carbocycles. The van der Waals surface area contributed by atoms with Gasteiger partial charge in [0.2, 0.25) is 5.91 Å². The van der Waals surface area contributed by atoms with Crippen molar-refractivity contribution in [1.29, 1.82) is 0 Å². The zero-order valence-electron chi connectivity index (χ0n) is 11.6. The van der Waals surface area contributed by atoms with Gasteiger partial charge in [0, 0.05) is 25.7 Å². The Morgan fingerprint density at radius 2 is 2.06 bits per heavy atom. The lowest BCUT2D eigenvalue weighted by atomic mass is 9.92. The number of piperazine rings is 1. The number of amides is 1. The molecule has 1 heterocycles. The van der Waals surface area contributed by atoms with Crippen LogP contribution in [0, 0.1) is 11.8 Å². The summed E-state index contributed by atoms with van der Waals surface area (Å²) < 4.78 is 0. The number of likely N-dealkylation sites (N-methyl/N-ethyl adjacent to an activating group) is 1. The topological polar surface area (TPSA) is 82.2 Å². The van der Waals surface area contributed by atoms with Crippen LogP contribution in [0.25, 0.3) is 0 Å². The van der Waals surface area contributed by atoms with Gasteiger partial charge in [-0.1, -0.05) is 19.0 Å². The van der Waals surface area contributed by atoms with Gasteiger partial charge in [0.05, 0.1) is 0 Å². The Labute approximate surface area is 108 Å². The van der Waals surface area contributed by atoms with Gasteiger partial charge in [0.25, 0.3) is 0 Å². The fourth-order valence-corrected chi connectivity index (χ4v) is 2.26. The van der Waals surface area contributed by atoms with Crippen LogP contribution in [-0.2, 0) is 4.79 Å². The number of nitrogens with two attached hydrogens (primary N) is 1. The van der Waals surface area contributed by atoms with Gasteiger partial charge in [0.1, 0.15) is 5.92 Å². The van der Waals surface area contributed by atoms with Gasteiger partial charge in [-0.3, -0.25) is 4.79 Å². The second kappa shape index (κ2) is 6.04. The van der Waals surface area contributed by atoms with Gasteiger partial charge < -0.3 is 20.7 Å². The van der Waals surface area contributed by atoms with Crippen LogP contribution in [0.4, 0.5) is 0 Å². The largest absolute Gasteiger partial charge is 0.409 e. The van der Waals surface area contributed by atoms with Gasteiger partial charge in [-0.25, -0.2) is 0 Å². The molecule has 0 spiro atoms. The summed E-state index contributed by atoms with van der Waals surface area (Å²) in [6, 6.07) is 0.336. The second-order valence-corrected chi connectivity index (χ2v) is 5.36. The number of carbonyl (C=O) groups is 1. The lowest BCUT2D eigenvalue weighted by Gasteiger charge is -2.39. The van der Waals surface area contributed by atoms with E-state index in [1.165, 1.54) is 0 Å². The summed E-state index contributed by atoms with van der Waals surface area (Å²) in [6.07, 6.45) is 0. The van der Waals surface area contributed by atoms with E-state index >= 15 is 0 Å². The molecular formula is C12H24N4O2. The minimum Gasteiger partial charge on any atom is -0.409 e. The van der Waals surface area contributed by atoms with Gasteiger partial charge in [-0.2, -0.15) is 0 Å². The first kappa shape index (κ1) is 14.8. The number of nitrogens with zero attached hydrogens (tertiary/aromatic N) is 3. The summed E-state index contributed by atoms with van der Waals surface area (Å²) in [5.41, 5.74) is 5.63. The molecule has 0 saturated carbocycles. The molecule has 18 heavy (non-hydrogen) atoms. The molecule has 0 aromatic carbocycles. The number of rotatable bonds is 3. The zero-order valence-corrected chi connectivity index (χ0v) is 11.6. The first-order valence-electron chi connectivity index (χ1n) is 6.35. The molecule has 0 aromatic heterocycles. The molecule has 2 atom stereocenters. The van der Waals surface area contributed by atoms with Crippen molar-refractivity contribution in [1.82, 2.24) is 9.80 Å². The molecule has 1 aliphatic heterocycles. The first-order valence-corrected chi connectivity index (χ1v) is 6.35. The molecule has 2 unspecified atom stereocenters. The number of hydrogen-bond acceptors (Lipinski definition) is 4. The molecule has 0 aromatic rings. The van der Waals surface area contributed by atoms with E-state index in [0.29, 0.717) is 19.1 Å². The van der Waals surface area contributed by atoms with Crippen LogP contribution in [-0.4, -0.2) is 59.5 Å². The molecule has 1 rings (SSSR count). The van der Waals surface area contributed by atoms with Crippen molar-refractivity contribution in [3.63, 3.8) is 0 Å². The molecule has 1 fully saturated rings. The van der Waals surface area contributed by atoms with Crippen LogP contribution in [0.5, 0.6) is 0 Å². The predicted octanol–water partition coefficient (Wildman–Crippen LogP) is 0.168. The van der Waals surface area contributed by atoms with Crippen molar-refractivity contribution in [2.24, 2.45) is 22.7 Å². The zero-order chi connectivity index (χ0) is 13.9. The highest BCUT2D eigenvalue weighted by Crippen LogP contribution is 2.17. The number of hydrogen-bond donors (Lipinski definition) is 2. The molecule has 6 heteroatoms. The smallest absolute Gasteiger partial charge is 0.233 e. The van der Waals surface area contributed by atoms with Crippen LogP contribution in [0.15, 0.2) is 5.16 Å². The molecular weight excluding hydrogens is 232 g/mol. The van der Waals surface area contributed by atoms with Crippen LogP contribution < -0.4 is 5.73 Å². The third-order valence-electron chi connectivity index (χ3n) is 3.64. The van der Waals surface area contributed by atoms with Crippen LogP contribution in [0.1, 0.15) is 20.8 Å². The maximum atomic E-state index is 12.4. The predicted molar refractivity (Wildman–Crippen MR) is 70.4 cm³/mol. The highest BCUT2D eigenvalue weighted by molar-refractivity contribution is 6.02. The second-order valence-electron chi connectivity index (χ2n) is 5.36. The Kier molecular flexibility index (Phi) is 4.95. The maximum Gasteiger partial charge on any atom is 0.233 e. The average molecular weight is 256 g/mol. The molecule has 6 nitrogen and oxygen atoms in total. The third-order valence-corrected chi connectivity index (χ3v) is 3.64. The normalized spacial score (nSPS) is 24.4. The summed E-state index contributed by atoms with van der Waals surface area (Å²) in [5.74, 6) is -0.559. The van der Waals surface area contributed by atoms with Crippen molar-refractivity contribution in [3.05, 3.63) is 0 Å². The Bertz CT molecular complexity index is 330. The van der Waals surface area contributed by atoms with Crippen molar-refractivity contribution in [2.45, 2.75) is 26.8 Å². The minimum atomic E-state index is -0.536. The van der Waals surface area contributed by atoms with E-state index in [0.717, 1.165) is 6.54 Å². The summed E-state index contributed by atoms with van der Waals surface area (Å²) in [6.45, 7) is 8.14. The van der Waals surface area contributed by atoms with Crippen molar-refractivity contribution in [2.75, 3.05) is 26.7 Å². The maximum absolute atomic E-state index is 12.4. The summed E-state index contributed by atoms with van der Waals surface area (Å²) in [4.78, 5) is 16.5. The summed E-state index contributed by atoms with van der Waals surface area (Å²) in [7, 11) is 2.05. The van der Waals surface area contributed by atoms with Crippen LogP contribution >= 0.6 is 0 Å². The van der Waals surface area contributed by atoms with E-state index in [1.807, 2.05) is 18.7 Å². The fraction of sp³-hybridized carbons (Fsp3) is 0.833. The average Bonchev–Trinajstić information content (AvgIpc) is 2.32. The van der Waals surface area contributed by atoms with Crippen molar-refractivity contribution < 1.29 is 10.0 Å². The standard InChI is InChI=1S/C12H24N4O2/c1-8(2)10(11(13)14-18)12(17)16-6-5-15(4)9(3)7-16/h8-10,18H,5-7H2,1-4H3,(H2,13,14). The summed E-state index contributed by atoms with van der Waals surface area (Å²) >= 11 is 0. The highest BCUT2D eigenvalue weighted by Gasteiger charge is 2.33. The third kappa shape index (κ3) is 3.13. The fourth-order valence-electron chi connectivity index (χ4n) is 2.26. The quantitative estimate of drug-likeness (QED) is 0.326. The molecule has 1 saturated heterocycles. The lowest BCUT2D eigenvalue weighted by molar-refractivity contribution is -0.137. The van der Waals surface area contributed by atoms with E-state index in [4.69, 9.17) is 10.9 Å². The van der Waals surface area contributed by atoms with Crippen LogP contribution in [0.2, 0.25) is 0 Å². The van der Waals surface area contributed by atoms with E-state index in [9.17, 15) is 4.79 Å². The van der Waals surface area contributed by atoms with Gasteiger partial charge in [-0.05, 0) is 19.9 Å². The highest BCUT2D eigenvalue weighted by atomic mass is 16.4. The van der Waals surface area contributed by atoms with E-state index in [1.54, 1.807) is 0 Å². The number of oxime groups is 1. The minimum absolute atomic E-state index is 0.00146. The number of carbonyl (C=O) groups excluding carboxylic acids is 1. The van der Waals surface area contributed by atoms with Crippen molar-refractivity contribution >= 4 is 11.7 Å². The Morgan fingerprint density at radius 3 is 2.50 bits per heavy atom. The van der Waals surface area contributed by atoms with Gasteiger partial charge in [-0.15, -0.1) is 0 Å². The Morgan fingerprint density at radius 1 is 1.44 bits per heavy atom. The van der Waals surface area contributed by atoms with Crippen molar-refractivity contribution in [3.8, 4) is 0 Å². The van der Waals surface area contributed by atoms with E-state index in [2.05, 4.69) is 24.0 Å². The van der Waals surface area contributed by atoms with Gasteiger partial charge >= 0.3 is 0 Å². The number of amidine groups is 1.